The Morgan fingerprint density at radius 1 is 1.30 bits per heavy atom. The normalized spacial score (nSPS) is 17.1. The summed E-state index contributed by atoms with van der Waals surface area (Å²) < 4.78 is 25.7. The quantitative estimate of drug-likeness (QED) is 0.895. The minimum atomic E-state index is -3.54. The van der Waals surface area contributed by atoms with E-state index in [0.717, 1.165) is 12.0 Å². The van der Waals surface area contributed by atoms with E-state index in [1.54, 1.807) is 12.1 Å². The molecule has 0 saturated carbocycles. The summed E-state index contributed by atoms with van der Waals surface area (Å²) >= 11 is 0. The number of benzene rings is 1. The van der Waals surface area contributed by atoms with E-state index >= 15 is 0 Å². The second-order valence-corrected chi connectivity index (χ2v) is 7.54. The molecule has 0 atom stereocenters. The summed E-state index contributed by atoms with van der Waals surface area (Å²) in [6.45, 7) is 4.34. The van der Waals surface area contributed by atoms with Crippen molar-refractivity contribution in [3.05, 3.63) is 29.8 Å². The van der Waals surface area contributed by atoms with Crippen molar-refractivity contribution in [3.8, 4) is 0 Å². The first-order chi connectivity index (χ1) is 9.30. The molecule has 0 radical (unpaired) electrons. The van der Waals surface area contributed by atoms with E-state index < -0.39 is 21.9 Å². The zero-order valence-corrected chi connectivity index (χ0v) is 12.4. The maximum atomic E-state index is 12.2. The lowest BCUT2D eigenvalue weighted by Gasteiger charge is -2.35. The van der Waals surface area contributed by atoms with Crippen LogP contribution in [0.2, 0.25) is 0 Å². The van der Waals surface area contributed by atoms with Crippen LogP contribution in [0.25, 0.3) is 0 Å². The fraction of sp³-hybridized carbons (Fsp3) is 0.500. The van der Waals surface area contributed by atoms with Crippen LogP contribution in [0.15, 0.2) is 29.2 Å². The molecule has 0 spiro atoms. The van der Waals surface area contributed by atoms with Crippen LogP contribution in [0.1, 0.15) is 19.4 Å². The first-order valence-electron chi connectivity index (χ1n) is 6.62. The van der Waals surface area contributed by atoms with Gasteiger partial charge in [0.15, 0.2) is 0 Å². The van der Waals surface area contributed by atoms with Gasteiger partial charge in [0.05, 0.1) is 10.8 Å². The maximum Gasteiger partial charge on any atom is 0.309 e. The lowest BCUT2D eigenvalue weighted by molar-refractivity contribution is -0.145. The van der Waals surface area contributed by atoms with Crippen molar-refractivity contribution < 1.29 is 18.3 Å². The molecule has 1 aromatic rings. The summed E-state index contributed by atoms with van der Waals surface area (Å²) in [4.78, 5) is 10.9. The smallest absolute Gasteiger partial charge is 0.309 e. The van der Waals surface area contributed by atoms with Crippen molar-refractivity contribution in [3.63, 3.8) is 0 Å². The van der Waals surface area contributed by atoms with E-state index in [1.165, 1.54) is 4.31 Å². The third-order valence-electron chi connectivity index (χ3n) is 3.40. The van der Waals surface area contributed by atoms with Gasteiger partial charge in [-0.1, -0.05) is 26.0 Å². The summed E-state index contributed by atoms with van der Waals surface area (Å²) in [6.07, 6.45) is 0.908. The van der Waals surface area contributed by atoms with Crippen LogP contribution in [0.4, 0.5) is 0 Å². The predicted octanol–water partition coefficient (Wildman–Crippen LogP) is 1.59. The highest BCUT2D eigenvalue weighted by Crippen LogP contribution is 2.25. The molecule has 0 unspecified atom stereocenters. The van der Waals surface area contributed by atoms with Gasteiger partial charge >= 0.3 is 5.97 Å². The van der Waals surface area contributed by atoms with Gasteiger partial charge < -0.3 is 5.11 Å². The standard InChI is InChI=1S/C14H19NO4S/c1-10(2)7-11-3-5-13(6-4-11)20(18,19)15-8-12(9-15)14(16)17/h3-6,10,12H,7-9H2,1-2H3,(H,16,17). The van der Waals surface area contributed by atoms with Gasteiger partial charge in [0.2, 0.25) is 10.0 Å². The van der Waals surface area contributed by atoms with E-state index in [2.05, 4.69) is 13.8 Å². The topological polar surface area (TPSA) is 74.7 Å². The summed E-state index contributed by atoms with van der Waals surface area (Å²) in [5.74, 6) is -1.00. The van der Waals surface area contributed by atoms with Gasteiger partial charge in [0.1, 0.15) is 0 Å². The van der Waals surface area contributed by atoms with Crippen LogP contribution < -0.4 is 0 Å². The molecule has 0 bridgehead atoms. The zero-order valence-electron chi connectivity index (χ0n) is 11.6. The van der Waals surface area contributed by atoms with Crippen molar-refractivity contribution >= 4 is 16.0 Å². The molecule has 1 saturated heterocycles. The Bertz CT molecular complexity index is 586. The van der Waals surface area contributed by atoms with E-state index in [1.807, 2.05) is 12.1 Å². The maximum absolute atomic E-state index is 12.2. The number of carbonyl (C=O) groups is 1. The molecule has 110 valence electrons. The van der Waals surface area contributed by atoms with Gasteiger partial charge in [-0.25, -0.2) is 8.42 Å². The average Bonchev–Trinajstić information content (AvgIpc) is 2.25. The number of rotatable bonds is 5. The Kier molecular flexibility index (Phi) is 4.15. The number of nitrogens with zero attached hydrogens (tertiary/aromatic N) is 1. The van der Waals surface area contributed by atoms with Crippen LogP contribution in [0, 0.1) is 11.8 Å². The fourth-order valence-electron chi connectivity index (χ4n) is 2.21. The van der Waals surface area contributed by atoms with Crippen LogP contribution in [-0.4, -0.2) is 36.9 Å². The molecular formula is C14H19NO4S. The monoisotopic (exact) mass is 297 g/mol. The van der Waals surface area contributed by atoms with Gasteiger partial charge in [-0.05, 0) is 30.0 Å². The number of hydrogen-bond acceptors (Lipinski definition) is 3. The molecule has 0 aromatic heterocycles. The molecule has 1 heterocycles. The lowest BCUT2D eigenvalue weighted by atomic mass is 10.0. The lowest BCUT2D eigenvalue weighted by Crippen LogP contribution is -2.52. The minimum Gasteiger partial charge on any atom is -0.481 e. The summed E-state index contributed by atoms with van der Waals surface area (Å²) in [5.41, 5.74) is 1.10. The molecule has 0 aliphatic carbocycles. The second kappa shape index (κ2) is 5.54. The Labute approximate surface area is 119 Å². The Balaban J connectivity index is 2.09. The highest BCUT2D eigenvalue weighted by molar-refractivity contribution is 7.89. The Hall–Kier alpha value is -1.40. The molecule has 1 aromatic carbocycles. The summed E-state index contributed by atoms with van der Waals surface area (Å²) in [5, 5.41) is 8.79. The molecule has 1 fully saturated rings. The number of sulfonamides is 1. The van der Waals surface area contributed by atoms with Gasteiger partial charge in [-0.3, -0.25) is 4.79 Å². The third-order valence-corrected chi connectivity index (χ3v) is 5.25. The number of carboxylic acids is 1. The van der Waals surface area contributed by atoms with Gasteiger partial charge in [0, 0.05) is 13.1 Å². The predicted molar refractivity (Wildman–Crippen MR) is 74.9 cm³/mol. The van der Waals surface area contributed by atoms with Gasteiger partial charge in [0.25, 0.3) is 0 Å². The minimum absolute atomic E-state index is 0.0609. The van der Waals surface area contributed by atoms with Crippen LogP contribution in [-0.2, 0) is 21.2 Å². The molecule has 0 amide bonds. The molecule has 5 nitrogen and oxygen atoms in total. The van der Waals surface area contributed by atoms with Crippen LogP contribution >= 0.6 is 0 Å². The molecule has 2 rings (SSSR count). The second-order valence-electron chi connectivity index (χ2n) is 5.60. The molecule has 20 heavy (non-hydrogen) atoms. The Morgan fingerprint density at radius 2 is 1.85 bits per heavy atom. The van der Waals surface area contributed by atoms with E-state index in [9.17, 15) is 13.2 Å². The highest BCUT2D eigenvalue weighted by Gasteiger charge is 2.40. The average molecular weight is 297 g/mol. The molecule has 1 N–H and O–H groups in total. The van der Waals surface area contributed by atoms with E-state index in [0.29, 0.717) is 5.92 Å². The zero-order chi connectivity index (χ0) is 14.9. The van der Waals surface area contributed by atoms with Crippen molar-refractivity contribution in [1.82, 2.24) is 4.31 Å². The first-order valence-corrected chi connectivity index (χ1v) is 8.06. The largest absolute Gasteiger partial charge is 0.481 e. The fourth-order valence-corrected chi connectivity index (χ4v) is 3.74. The number of carboxylic acid groups (broad SMARTS) is 1. The van der Waals surface area contributed by atoms with E-state index in [-0.39, 0.29) is 18.0 Å². The molecule has 6 heteroatoms. The van der Waals surface area contributed by atoms with Gasteiger partial charge in [-0.15, -0.1) is 0 Å². The number of hydrogen-bond donors (Lipinski definition) is 1. The van der Waals surface area contributed by atoms with Crippen molar-refractivity contribution in [2.75, 3.05) is 13.1 Å². The molecular weight excluding hydrogens is 278 g/mol. The van der Waals surface area contributed by atoms with Crippen molar-refractivity contribution in [1.29, 1.82) is 0 Å². The first kappa shape index (κ1) is 15.0. The summed E-state index contributed by atoms with van der Waals surface area (Å²) in [7, 11) is -3.54. The molecule has 1 aliphatic heterocycles. The van der Waals surface area contributed by atoms with Crippen LogP contribution in [0.5, 0.6) is 0 Å². The van der Waals surface area contributed by atoms with Crippen LogP contribution in [0.3, 0.4) is 0 Å². The summed E-state index contributed by atoms with van der Waals surface area (Å²) in [6, 6.07) is 6.84. The van der Waals surface area contributed by atoms with E-state index in [4.69, 9.17) is 5.11 Å². The Morgan fingerprint density at radius 3 is 2.30 bits per heavy atom. The SMILES string of the molecule is CC(C)Cc1ccc(S(=O)(=O)N2CC(C(=O)O)C2)cc1. The number of aliphatic carboxylic acids is 1. The third kappa shape index (κ3) is 3.02. The van der Waals surface area contributed by atoms with Crippen molar-refractivity contribution in [2.45, 2.75) is 25.2 Å². The molecule has 1 aliphatic rings. The van der Waals surface area contributed by atoms with Gasteiger partial charge in [-0.2, -0.15) is 4.31 Å². The highest BCUT2D eigenvalue weighted by atomic mass is 32.2. The van der Waals surface area contributed by atoms with Crippen molar-refractivity contribution in [2.24, 2.45) is 11.8 Å².